The maximum atomic E-state index is 12.6. The van der Waals surface area contributed by atoms with Gasteiger partial charge in [0.25, 0.3) is 0 Å². The number of rotatable bonds is 3. The first-order valence-corrected chi connectivity index (χ1v) is 5.02. The molecule has 3 N–H and O–H groups in total. The summed E-state index contributed by atoms with van der Waals surface area (Å²) in [6, 6.07) is 6.17. The summed E-state index contributed by atoms with van der Waals surface area (Å²) in [5.41, 5.74) is 5.44. The average Bonchev–Trinajstić information content (AvgIpc) is 2.08. The number of hydrogen-bond donors (Lipinski definition) is 2. The Labute approximate surface area is 87.2 Å². The van der Waals surface area contributed by atoms with Gasteiger partial charge in [0.2, 0.25) is 0 Å². The molecule has 14 heavy (non-hydrogen) atoms. The van der Waals surface area contributed by atoms with Gasteiger partial charge in [-0.1, -0.05) is 0 Å². The van der Waals surface area contributed by atoms with Crippen LogP contribution in [-0.4, -0.2) is 10.6 Å². The van der Waals surface area contributed by atoms with Crippen LogP contribution in [0.15, 0.2) is 29.2 Å². The molecule has 2 nitrogen and oxygen atoms in total. The molecule has 4 heteroatoms. The van der Waals surface area contributed by atoms with E-state index in [0.29, 0.717) is 0 Å². The quantitative estimate of drug-likeness (QED) is 0.459. The predicted octanol–water partition coefficient (Wildman–Crippen LogP) is 2.63. The molecular weight excluding hydrogens is 199 g/mol. The van der Waals surface area contributed by atoms with Crippen molar-refractivity contribution in [3.8, 4) is 0 Å². The van der Waals surface area contributed by atoms with E-state index in [1.165, 1.54) is 23.9 Å². The van der Waals surface area contributed by atoms with Crippen LogP contribution in [0.2, 0.25) is 0 Å². The molecule has 0 aliphatic rings. The molecule has 0 amide bonds. The zero-order chi connectivity index (χ0) is 10.8. The number of hydrogen-bond acceptors (Lipinski definition) is 2. The number of thioether (sulfide) groups is 1. The van der Waals surface area contributed by atoms with Crippen molar-refractivity contribution in [2.24, 2.45) is 5.73 Å². The Hall–Kier alpha value is -1.03. The van der Waals surface area contributed by atoms with E-state index in [2.05, 4.69) is 0 Å². The molecular formula is C10H13FN2S. The summed E-state index contributed by atoms with van der Waals surface area (Å²) in [6.45, 7) is 3.73. The van der Waals surface area contributed by atoms with E-state index in [4.69, 9.17) is 11.1 Å². The van der Waals surface area contributed by atoms with Gasteiger partial charge in [-0.25, -0.2) is 4.39 Å². The fourth-order valence-corrected chi connectivity index (χ4v) is 1.82. The fraction of sp³-hybridized carbons (Fsp3) is 0.300. The molecule has 0 aliphatic heterocycles. The van der Waals surface area contributed by atoms with Gasteiger partial charge in [-0.15, -0.1) is 11.8 Å². The third-order valence-electron chi connectivity index (χ3n) is 1.84. The van der Waals surface area contributed by atoms with E-state index in [0.717, 1.165) is 4.90 Å². The van der Waals surface area contributed by atoms with Crippen LogP contribution in [0.4, 0.5) is 4.39 Å². The van der Waals surface area contributed by atoms with Crippen molar-refractivity contribution in [3.05, 3.63) is 30.1 Å². The highest BCUT2D eigenvalue weighted by atomic mass is 32.2. The lowest BCUT2D eigenvalue weighted by Gasteiger charge is -2.21. The number of halogens is 1. The second-order valence-electron chi connectivity index (χ2n) is 3.48. The fourth-order valence-electron chi connectivity index (χ4n) is 0.852. The molecule has 0 aliphatic carbocycles. The van der Waals surface area contributed by atoms with E-state index in [-0.39, 0.29) is 11.7 Å². The first kappa shape index (κ1) is 11.0. The van der Waals surface area contributed by atoms with Gasteiger partial charge in [0, 0.05) is 4.90 Å². The summed E-state index contributed by atoms with van der Waals surface area (Å²) in [7, 11) is 0. The van der Waals surface area contributed by atoms with Crippen LogP contribution >= 0.6 is 11.8 Å². The smallest absolute Gasteiger partial charge is 0.123 e. The lowest BCUT2D eigenvalue weighted by Crippen LogP contribution is -2.33. The largest absolute Gasteiger partial charge is 0.386 e. The third kappa shape index (κ3) is 2.73. The Balaban J connectivity index is 2.79. The molecule has 0 bridgehead atoms. The predicted molar refractivity (Wildman–Crippen MR) is 58.3 cm³/mol. The minimum Gasteiger partial charge on any atom is -0.386 e. The first-order chi connectivity index (χ1) is 6.42. The van der Waals surface area contributed by atoms with Crippen LogP contribution < -0.4 is 5.73 Å². The number of nitrogens with two attached hydrogens (primary N) is 1. The Bertz CT molecular complexity index is 332. The number of nitrogens with one attached hydrogen (secondary N) is 1. The molecule has 0 saturated carbocycles. The Morgan fingerprint density at radius 2 is 1.86 bits per heavy atom. The topological polar surface area (TPSA) is 49.9 Å². The standard InChI is InChI=1S/C10H13FN2S/c1-10(2,9(12)13)14-8-5-3-7(11)4-6-8/h3-6H,1-2H3,(H3,12,13). The lowest BCUT2D eigenvalue weighted by atomic mass is 10.2. The van der Waals surface area contributed by atoms with Crippen molar-refractivity contribution in [1.29, 1.82) is 5.41 Å². The molecule has 0 saturated heterocycles. The van der Waals surface area contributed by atoms with Crippen molar-refractivity contribution in [2.45, 2.75) is 23.5 Å². The Morgan fingerprint density at radius 3 is 2.29 bits per heavy atom. The molecule has 1 aromatic rings. The Kier molecular flexibility index (Phi) is 3.16. The van der Waals surface area contributed by atoms with Gasteiger partial charge in [-0.3, -0.25) is 5.41 Å². The molecule has 0 atom stereocenters. The normalized spacial score (nSPS) is 11.4. The summed E-state index contributed by atoms with van der Waals surface area (Å²) < 4.78 is 12.2. The van der Waals surface area contributed by atoms with Gasteiger partial charge in [-0.05, 0) is 38.1 Å². The maximum Gasteiger partial charge on any atom is 0.123 e. The van der Waals surface area contributed by atoms with E-state index >= 15 is 0 Å². The van der Waals surface area contributed by atoms with Crippen molar-refractivity contribution in [1.82, 2.24) is 0 Å². The average molecular weight is 212 g/mol. The van der Waals surface area contributed by atoms with Gasteiger partial charge in [0.1, 0.15) is 11.7 Å². The molecule has 1 rings (SSSR count). The maximum absolute atomic E-state index is 12.6. The van der Waals surface area contributed by atoms with Crippen LogP contribution in [0.5, 0.6) is 0 Å². The Morgan fingerprint density at radius 1 is 1.36 bits per heavy atom. The SMILES string of the molecule is CC(C)(Sc1ccc(F)cc1)C(=N)N. The highest BCUT2D eigenvalue weighted by Crippen LogP contribution is 2.32. The van der Waals surface area contributed by atoms with Crippen molar-refractivity contribution in [3.63, 3.8) is 0 Å². The summed E-state index contributed by atoms with van der Waals surface area (Å²) in [6.07, 6.45) is 0. The minimum absolute atomic E-state index is 0.117. The second kappa shape index (κ2) is 4.00. The number of amidine groups is 1. The van der Waals surface area contributed by atoms with Gasteiger partial charge < -0.3 is 5.73 Å². The second-order valence-corrected chi connectivity index (χ2v) is 5.18. The molecule has 0 fully saturated rings. The molecule has 0 aromatic heterocycles. The van der Waals surface area contributed by atoms with Crippen molar-refractivity contribution in [2.75, 3.05) is 0 Å². The van der Waals surface area contributed by atoms with Crippen molar-refractivity contribution >= 4 is 17.6 Å². The zero-order valence-corrected chi connectivity index (χ0v) is 8.99. The highest BCUT2D eigenvalue weighted by molar-refractivity contribution is 8.01. The van der Waals surface area contributed by atoms with Crippen LogP contribution in [0.3, 0.4) is 0 Å². The lowest BCUT2D eigenvalue weighted by molar-refractivity contribution is 0.626. The summed E-state index contributed by atoms with van der Waals surface area (Å²) >= 11 is 1.45. The van der Waals surface area contributed by atoms with Gasteiger partial charge in [0.05, 0.1) is 4.75 Å². The molecule has 76 valence electrons. The van der Waals surface area contributed by atoms with Crippen LogP contribution in [-0.2, 0) is 0 Å². The van der Waals surface area contributed by atoms with Crippen LogP contribution in [0, 0.1) is 11.2 Å². The first-order valence-electron chi connectivity index (χ1n) is 4.21. The molecule has 0 radical (unpaired) electrons. The number of benzene rings is 1. The minimum atomic E-state index is -0.447. The van der Waals surface area contributed by atoms with Gasteiger partial charge in [-0.2, -0.15) is 0 Å². The molecule has 0 heterocycles. The van der Waals surface area contributed by atoms with E-state index in [1.54, 1.807) is 12.1 Å². The van der Waals surface area contributed by atoms with Gasteiger partial charge in [0.15, 0.2) is 0 Å². The summed E-state index contributed by atoms with van der Waals surface area (Å²) in [5.74, 6) is -0.137. The van der Waals surface area contributed by atoms with E-state index < -0.39 is 4.75 Å². The van der Waals surface area contributed by atoms with Gasteiger partial charge >= 0.3 is 0 Å². The van der Waals surface area contributed by atoms with E-state index in [1.807, 2.05) is 13.8 Å². The summed E-state index contributed by atoms with van der Waals surface area (Å²) in [5, 5.41) is 7.37. The zero-order valence-electron chi connectivity index (χ0n) is 8.17. The highest BCUT2D eigenvalue weighted by Gasteiger charge is 2.22. The van der Waals surface area contributed by atoms with Crippen LogP contribution in [0.25, 0.3) is 0 Å². The van der Waals surface area contributed by atoms with Crippen LogP contribution in [0.1, 0.15) is 13.8 Å². The summed E-state index contributed by atoms with van der Waals surface area (Å²) in [4.78, 5) is 0.909. The molecule has 0 unspecified atom stereocenters. The van der Waals surface area contributed by atoms with E-state index in [9.17, 15) is 4.39 Å². The van der Waals surface area contributed by atoms with Crippen molar-refractivity contribution < 1.29 is 4.39 Å². The monoisotopic (exact) mass is 212 g/mol. The molecule has 0 spiro atoms. The molecule has 1 aromatic carbocycles. The third-order valence-corrected chi connectivity index (χ3v) is 3.07.